The van der Waals surface area contributed by atoms with Crippen LogP contribution in [0.25, 0.3) is 0 Å². The molecule has 0 aromatic carbocycles. The molecule has 4 heteroatoms. The number of carbonyl (C=O) groups is 1. The molecule has 3 saturated carbocycles. The molecule has 3 aliphatic rings. The second-order valence-electron chi connectivity index (χ2n) is 6.41. The third-order valence-electron chi connectivity index (χ3n) is 6.02. The lowest BCUT2D eigenvalue weighted by Gasteiger charge is -2.62. The Kier molecular flexibility index (Phi) is 2.17. The van der Waals surface area contributed by atoms with Crippen LogP contribution in [0.1, 0.15) is 32.6 Å². The number of halogens is 1. The van der Waals surface area contributed by atoms with E-state index in [1.165, 1.54) is 0 Å². The Balaban J connectivity index is 1.94. The van der Waals surface area contributed by atoms with Gasteiger partial charge in [-0.25, -0.2) is 4.39 Å². The standard InChI is InChI=1S/C13H20FNO2/c1-12(14)7-2-3-8-11(12)9(4-7)13(8,6-15)5-10(16)17/h7-9,11H,2-6,15H2,1H3,(H,16,17)/t7-,8?,9+,11+,12-,13+/m1/s1. The van der Waals surface area contributed by atoms with E-state index in [9.17, 15) is 9.18 Å². The van der Waals surface area contributed by atoms with Gasteiger partial charge >= 0.3 is 5.97 Å². The maximum absolute atomic E-state index is 14.6. The first-order valence-electron chi connectivity index (χ1n) is 6.54. The monoisotopic (exact) mass is 241 g/mol. The van der Waals surface area contributed by atoms with Crippen molar-refractivity contribution in [1.82, 2.24) is 0 Å². The summed E-state index contributed by atoms with van der Waals surface area (Å²) in [5, 5.41) is 9.07. The quantitative estimate of drug-likeness (QED) is 0.792. The molecule has 3 aliphatic carbocycles. The molecule has 0 radical (unpaired) electrons. The Hall–Kier alpha value is -0.640. The van der Waals surface area contributed by atoms with E-state index in [2.05, 4.69) is 0 Å². The van der Waals surface area contributed by atoms with Gasteiger partial charge in [-0.1, -0.05) is 0 Å². The van der Waals surface area contributed by atoms with Crippen LogP contribution in [0.5, 0.6) is 0 Å². The second-order valence-corrected chi connectivity index (χ2v) is 6.41. The van der Waals surface area contributed by atoms with Crippen LogP contribution in [0.2, 0.25) is 0 Å². The van der Waals surface area contributed by atoms with Crippen LogP contribution in [0, 0.1) is 29.1 Å². The third kappa shape index (κ3) is 1.17. The van der Waals surface area contributed by atoms with Crippen molar-refractivity contribution >= 4 is 5.97 Å². The Morgan fingerprint density at radius 2 is 2.18 bits per heavy atom. The highest BCUT2D eigenvalue weighted by Crippen LogP contribution is 2.74. The molecule has 3 N–H and O–H groups in total. The van der Waals surface area contributed by atoms with E-state index in [1.54, 1.807) is 6.92 Å². The number of alkyl halides is 1. The molecule has 6 atom stereocenters. The first kappa shape index (κ1) is 11.5. The van der Waals surface area contributed by atoms with Crippen molar-refractivity contribution in [1.29, 1.82) is 0 Å². The van der Waals surface area contributed by atoms with E-state index in [1.807, 2.05) is 0 Å². The number of aliphatic carboxylic acids is 1. The van der Waals surface area contributed by atoms with Crippen LogP contribution in [-0.2, 0) is 4.79 Å². The van der Waals surface area contributed by atoms with Crippen LogP contribution in [0.15, 0.2) is 0 Å². The van der Waals surface area contributed by atoms with Gasteiger partial charge in [0.1, 0.15) is 5.67 Å². The molecule has 0 amide bonds. The molecule has 0 spiro atoms. The third-order valence-corrected chi connectivity index (χ3v) is 6.02. The second kappa shape index (κ2) is 3.22. The minimum Gasteiger partial charge on any atom is -0.481 e. The Labute approximate surface area is 101 Å². The molecule has 0 aromatic heterocycles. The molecule has 3 nitrogen and oxygen atoms in total. The van der Waals surface area contributed by atoms with Crippen molar-refractivity contribution in [2.24, 2.45) is 34.8 Å². The summed E-state index contributed by atoms with van der Waals surface area (Å²) in [6, 6.07) is 0. The maximum atomic E-state index is 14.6. The summed E-state index contributed by atoms with van der Waals surface area (Å²) < 4.78 is 14.6. The van der Waals surface area contributed by atoms with E-state index < -0.39 is 11.6 Å². The smallest absolute Gasteiger partial charge is 0.303 e. The summed E-state index contributed by atoms with van der Waals surface area (Å²) in [4.78, 5) is 11.0. The minimum atomic E-state index is -1.08. The SMILES string of the molecule is C[C@@]1(F)[C@@H]2CCC3[C@H]1[C@H](C2)[C@]3(CN)CC(=O)O. The first-order valence-corrected chi connectivity index (χ1v) is 6.54. The van der Waals surface area contributed by atoms with Crippen molar-refractivity contribution in [2.45, 2.75) is 38.3 Å². The number of rotatable bonds is 3. The number of hydrogen-bond donors (Lipinski definition) is 2. The van der Waals surface area contributed by atoms with Crippen LogP contribution < -0.4 is 5.73 Å². The topological polar surface area (TPSA) is 63.3 Å². The normalized spacial score (nSPS) is 55.5. The van der Waals surface area contributed by atoms with E-state index in [-0.39, 0.29) is 35.5 Å². The van der Waals surface area contributed by atoms with Crippen molar-refractivity contribution < 1.29 is 14.3 Å². The fraction of sp³-hybridized carbons (Fsp3) is 0.923. The van der Waals surface area contributed by atoms with E-state index in [0.717, 1.165) is 19.3 Å². The molecule has 17 heavy (non-hydrogen) atoms. The van der Waals surface area contributed by atoms with Gasteiger partial charge in [-0.15, -0.1) is 0 Å². The summed E-state index contributed by atoms with van der Waals surface area (Å²) in [6.45, 7) is 2.11. The van der Waals surface area contributed by atoms with Gasteiger partial charge in [-0.05, 0) is 61.8 Å². The number of hydrogen-bond acceptors (Lipinski definition) is 2. The zero-order chi connectivity index (χ0) is 12.4. The van der Waals surface area contributed by atoms with Crippen molar-refractivity contribution in [3.63, 3.8) is 0 Å². The van der Waals surface area contributed by atoms with Crippen molar-refractivity contribution in [3.8, 4) is 0 Å². The van der Waals surface area contributed by atoms with Gasteiger partial charge in [-0.3, -0.25) is 4.79 Å². The summed E-state index contributed by atoms with van der Waals surface area (Å²) in [7, 11) is 0. The Bertz CT molecular complexity index is 362. The molecule has 3 rings (SSSR count). The summed E-state index contributed by atoms with van der Waals surface area (Å²) in [5.74, 6) is -0.177. The van der Waals surface area contributed by atoms with E-state index >= 15 is 0 Å². The van der Waals surface area contributed by atoms with Gasteiger partial charge < -0.3 is 10.8 Å². The minimum absolute atomic E-state index is 0.0733. The fourth-order valence-corrected chi connectivity index (χ4v) is 5.30. The molecule has 1 unspecified atom stereocenters. The van der Waals surface area contributed by atoms with Gasteiger partial charge in [0.15, 0.2) is 0 Å². The number of nitrogens with two attached hydrogens (primary N) is 1. The molecule has 0 aromatic rings. The molecular weight excluding hydrogens is 221 g/mol. The zero-order valence-electron chi connectivity index (χ0n) is 10.2. The van der Waals surface area contributed by atoms with Gasteiger partial charge in [0, 0.05) is 0 Å². The molecule has 3 fully saturated rings. The number of carboxylic acid groups (broad SMARTS) is 1. The number of fused-ring (bicyclic) bond motifs is 1. The summed E-state index contributed by atoms with van der Waals surface area (Å²) in [6.07, 6.45) is 2.85. The average Bonchev–Trinajstić information content (AvgIpc) is 2.46. The van der Waals surface area contributed by atoms with Crippen LogP contribution >= 0.6 is 0 Å². The van der Waals surface area contributed by atoms with Gasteiger partial charge in [-0.2, -0.15) is 0 Å². The first-order chi connectivity index (χ1) is 7.93. The van der Waals surface area contributed by atoms with Gasteiger partial charge in [0.25, 0.3) is 0 Å². The van der Waals surface area contributed by atoms with Crippen LogP contribution in [0.3, 0.4) is 0 Å². The van der Waals surface area contributed by atoms with E-state index in [0.29, 0.717) is 6.54 Å². The zero-order valence-corrected chi connectivity index (χ0v) is 10.2. The van der Waals surface area contributed by atoms with E-state index in [4.69, 9.17) is 10.8 Å². The Morgan fingerprint density at radius 3 is 2.76 bits per heavy atom. The fourth-order valence-electron chi connectivity index (χ4n) is 5.30. The number of carboxylic acids is 1. The lowest BCUT2D eigenvalue weighted by Crippen LogP contribution is -2.64. The van der Waals surface area contributed by atoms with Crippen LogP contribution in [0.4, 0.5) is 4.39 Å². The molecule has 2 bridgehead atoms. The predicted molar refractivity (Wildman–Crippen MR) is 61.1 cm³/mol. The highest BCUT2D eigenvalue weighted by atomic mass is 19.1. The predicted octanol–water partition coefficient (Wildman–Crippen LogP) is 1.81. The highest BCUT2D eigenvalue weighted by Gasteiger charge is 2.73. The Morgan fingerprint density at radius 1 is 1.47 bits per heavy atom. The van der Waals surface area contributed by atoms with Gasteiger partial charge in [0.05, 0.1) is 6.42 Å². The van der Waals surface area contributed by atoms with Crippen molar-refractivity contribution in [2.75, 3.05) is 6.54 Å². The van der Waals surface area contributed by atoms with Crippen molar-refractivity contribution in [3.05, 3.63) is 0 Å². The lowest BCUT2D eigenvalue weighted by molar-refractivity contribution is -0.178. The van der Waals surface area contributed by atoms with Crippen LogP contribution in [-0.4, -0.2) is 23.3 Å². The molecule has 0 heterocycles. The summed E-state index contributed by atoms with van der Waals surface area (Å²) >= 11 is 0. The highest BCUT2D eigenvalue weighted by molar-refractivity contribution is 5.68. The lowest BCUT2D eigenvalue weighted by atomic mass is 9.43. The summed E-state index contributed by atoms with van der Waals surface area (Å²) in [5.41, 5.74) is 4.47. The molecule has 96 valence electrons. The van der Waals surface area contributed by atoms with Gasteiger partial charge in [0.2, 0.25) is 0 Å². The molecular formula is C13H20FNO2. The molecule has 0 saturated heterocycles. The average molecular weight is 241 g/mol. The largest absolute Gasteiger partial charge is 0.481 e. The molecule has 0 aliphatic heterocycles. The maximum Gasteiger partial charge on any atom is 0.303 e.